The van der Waals surface area contributed by atoms with E-state index in [1.165, 1.54) is 6.92 Å². The fraction of sp³-hybridized carbons (Fsp3) is 0.529. The summed E-state index contributed by atoms with van der Waals surface area (Å²) in [4.78, 5) is 25.0. The monoisotopic (exact) mass is 306 g/mol. The molecule has 1 aromatic rings. The summed E-state index contributed by atoms with van der Waals surface area (Å²) in [5, 5.41) is 2.67. The van der Waals surface area contributed by atoms with Gasteiger partial charge in [-0.25, -0.2) is 4.79 Å². The van der Waals surface area contributed by atoms with E-state index in [1.807, 2.05) is 45.9 Å². The van der Waals surface area contributed by atoms with Gasteiger partial charge in [-0.3, -0.25) is 4.79 Å². The van der Waals surface area contributed by atoms with Gasteiger partial charge in [-0.1, -0.05) is 29.8 Å². The molecule has 22 heavy (non-hydrogen) atoms. The first-order valence-corrected chi connectivity index (χ1v) is 7.45. The molecule has 1 aromatic carbocycles. The minimum absolute atomic E-state index is 0.0208. The Morgan fingerprint density at radius 1 is 1.27 bits per heavy atom. The van der Waals surface area contributed by atoms with E-state index in [1.54, 1.807) is 4.90 Å². The number of carbonyl (C=O) groups excluding carboxylic acids is 2. The van der Waals surface area contributed by atoms with Gasteiger partial charge < -0.3 is 15.0 Å². The Morgan fingerprint density at radius 2 is 1.95 bits per heavy atom. The molecule has 2 amide bonds. The predicted molar refractivity (Wildman–Crippen MR) is 86.5 cm³/mol. The zero-order chi connectivity index (χ0) is 16.8. The first-order chi connectivity index (χ1) is 10.2. The van der Waals surface area contributed by atoms with E-state index in [0.717, 1.165) is 11.1 Å². The number of amides is 2. The molecule has 0 saturated carbocycles. The molecule has 1 rings (SSSR count). The number of aryl methyl sites for hydroxylation is 1. The molecule has 0 unspecified atom stereocenters. The fourth-order valence-electron chi connectivity index (χ4n) is 1.99. The molecule has 0 aromatic heterocycles. The van der Waals surface area contributed by atoms with Gasteiger partial charge in [0.05, 0.1) is 0 Å². The molecule has 0 aliphatic carbocycles. The lowest BCUT2D eigenvalue weighted by Gasteiger charge is -2.23. The topological polar surface area (TPSA) is 58.6 Å². The Hall–Kier alpha value is -2.04. The maximum atomic E-state index is 11.7. The van der Waals surface area contributed by atoms with Crippen molar-refractivity contribution in [3.05, 3.63) is 35.4 Å². The number of hydrogen-bond donors (Lipinski definition) is 1. The third-order valence-corrected chi connectivity index (χ3v) is 2.95. The highest BCUT2D eigenvalue weighted by atomic mass is 16.6. The van der Waals surface area contributed by atoms with Crippen molar-refractivity contribution in [3.63, 3.8) is 0 Å². The van der Waals surface area contributed by atoms with Crippen molar-refractivity contribution in [2.75, 3.05) is 13.1 Å². The Bertz CT molecular complexity index is 521. The predicted octanol–water partition coefficient (Wildman–Crippen LogP) is 2.87. The van der Waals surface area contributed by atoms with Crippen LogP contribution in [0.15, 0.2) is 24.3 Å². The maximum absolute atomic E-state index is 11.7. The number of alkyl carbamates (subject to hydrolysis) is 1. The lowest BCUT2D eigenvalue weighted by Crippen LogP contribution is -2.39. The summed E-state index contributed by atoms with van der Waals surface area (Å²) in [5.74, 6) is -0.0208. The fourth-order valence-corrected chi connectivity index (χ4v) is 1.99. The van der Waals surface area contributed by atoms with Gasteiger partial charge in [0.25, 0.3) is 0 Å². The number of carbonyl (C=O) groups is 2. The van der Waals surface area contributed by atoms with Gasteiger partial charge in [0, 0.05) is 26.6 Å². The Kier molecular flexibility index (Phi) is 6.40. The molecule has 5 nitrogen and oxygen atoms in total. The van der Waals surface area contributed by atoms with Crippen LogP contribution in [0.25, 0.3) is 0 Å². The standard InChI is InChI=1S/C17H26N2O3/c1-13-7-6-8-15(11-13)12-19(14(2)20)10-9-18-16(21)22-17(3,4)5/h6-8,11H,9-10,12H2,1-5H3,(H,18,21). The van der Waals surface area contributed by atoms with Gasteiger partial charge in [0.1, 0.15) is 5.60 Å². The Morgan fingerprint density at radius 3 is 2.50 bits per heavy atom. The summed E-state index contributed by atoms with van der Waals surface area (Å²) in [6, 6.07) is 8.04. The van der Waals surface area contributed by atoms with Crippen LogP contribution in [0.2, 0.25) is 0 Å². The minimum atomic E-state index is -0.522. The molecule has 0 aliphatic rings. The molecule has 0 atom stereocenters. The van der Waals surface area contributed by atoms with Crippen molar-refractivity contribution >= 4 is 12.0 Å². The van der Waals surface area contributed by atoms with E-state index < -0.39 is 11.7 Å². The number of ether oxygens (including phenoxy) is 1. The van der Waals surface area contributed by atoms with Gasteiger partial charge in [-0.2, -0.15) is 0 Å². The molecule has 0 spiro atoms. The van der Waals surface area contributed by atoms with Crippen molar-refractivity contribution < 1.29 is 14.3 Å². The Balaban J connectivity index is 2.48. The summed E-state index contributed by atoms with van der Waals surface area (Å²) >= 11 is 0. The van der Waals surface area contributed by atoms with Crippen LogP contribution >= 0.6 is 0 Å². The molecule has 0 saturated heterocycles. The van der Waals surface area contributed by atoms with Gasteiger partial charge in [0.15, 0.2) is 0 Å². The van der Waals surface area contributed by atoms with Crippen molar-refractivity contribution in [2.45, 2.75) is 46.8 Å². The van der Waals surface area contributed by atoms with Crippen molar-refractivity contribution in [1.82, 2.24) is 10.2 Å². The second-order valence-electron chi connectivity index (χ2n) is 6.36. The van der Waals surface area contributed by atoms with Crippen LogP contribution in [0.1, 0.15) is 38.8 Å². The molecular formula is C17H26N2O3. The van der Waals surface area contributed by atoms with Gasteiger partial charge in [-0.15, -0.1) is 0 Å². The summed E-state index contributed by atoms with van der Waals surface area (Å²) in [6.07, 6.45) is -0.466. The van der Waals surface area contributed by atoms with Crippen molar-refractivity contribution in [1.29, 1.82) is 0 Å². The van der Waals surface area contributed by atoms with Crippen LogP contribution in [0.3, 0.4) is 0 Å². The second kappa shape index (κ2) is 7.82. The Labute approximate surface area is 132 Å². The zero-order valence-corrected chi connectivity index (χ0v) is 14.1. The molecule has 0 fully saturated rings. The molecule has 0 heterocycles. The molecule has 5 heteroatoms. The number of nitrogens with zero attached hydrogens (tertiary/aromatic N) is 1. The van der Waals surface area contributed by atoms with Crippen LogP contribution in [-0.2, 0) is 16.1 Å². The molecule has 0 radical (unpaired) electrons. The third-order valence-electron chi connectivity index (χ3n) is 2.95. The summed E-state index contributed by atoms with van der Waals surface area (Å²) in [7, 11) is 0. The van der Waals surface area contributed by atoms with E-state index in [0.29, 0.717) is 19.6 Å². The number of rotatable bonds is 5. The van der Waals surface area contributed by atoms with Gasteiger partial charge >= 0.3 is 6.09 Å². The van der Waals surface area contributed by atoms with Crippen LogP contribution in [-0.4, -0.2) is 35.6 Å². The van der Waals surface area contributed by atoms with Gasteiger partial charge in [-0.05, 0) is 33.3 Å². The lowest BCUT2D eigenvalue weighted by atomic mass is 10.1. The van der Waals surface area contributed by atoms with E-state index >= 15 is 0 Å². The first kappa shape index (κ1) is 18.0. The van der Waals surface area contributed by atoms with E-state index in [2.05, 4.69) is 11.4 Å². The largest absolute Gasteiger partial charge is 0.444 e. The van der Waals surface area contributed by atoms with Crippen molar-refractivity contribution in [2.24, 2.45) is 0 Å². The number of nitrogens with one attached hydrogen (secondary N) is 1. The number of hydrogen-bond acceptors (Lipinski definition) is 3. The molecular weight excluding hydrogens is 280 g/mol. The summed E-state index contributed by atoms with van der Waals surface area (Å²) in [6.45, 7) is 10.3. The quantitative estimate of drug-likeness (QED) is 0.910. The minimum Gasteiger partial charge on any atom is -0.444 e. The molecule has 1 N–H and O–H groups in total. The first-order valence-electron chi connectivity index (χ1n) is 7.45. The van der Waals surface area contributed by atoms with E-state index in [9.17, 15) is 9.59 Å². The van der Waals surface area contributed by atoms with E-state index in [4.69, 9.17) is 4.74 Å². The second-order valence-corrected chi connectivity index (χ2v) is 6.36. The summed E-state index contributed by atoms with van der Waals surface area (Å²) in [5.41, 5.74) is 1.71. The van der Waals surface area contributed by atoms with E-state index in [-0.39, 0.29) is 5.91 Å². The van der Waals surface area contributed by atoms with Crippen LogP contribution in [0, 0.1) is 6.92 Å². The normalized spacial score (nSPS) is 11.0. The number of benzene rings is 1. The average Bonchev–Trinajstić information content (AvgIpc) is 2.35. The molecule has 0 aliphatic heterocycles. The highest BCUT2D eigenvalue weighted by Crippen LogP contribution is 2.08. The average molecular weight is 306 g/mol. The zero-order valence-electron chi connectivity index (χ0n) is 14.1. The third kappa shape index (κ3) is 7.11. The van der Waals surface area contributed by atoms with Gasteiger partial charge in [0.2, 0.25) is 5.91 Å². The SMILES string of the molecule is CC(=O)N(CCNC(=O)OC(C)(C)C)Cc1cccc(C)c1. The smallest absolute Gasteiger partial charge is 0.407 e. The van der Waals surface area contributed by atoms with Crippen LogP contribution in [0.5, 0.6) is 0 Å². The lowest BCUT2D eigenvalue weighted by molar-refractivity contribution is -0.129. The van der Waals surface area contributed by atoms with Crippen LogP contribution < -0.4 is 5.32 Å². The van der Waals surface area contributed by atoms with Crippen LogP contribution in [0.4, 0.5) is 4.79 Å². The highest BCUT2D eigenvalue weighted by molar-refractivity contribution is 5.73. The van der Waals surface area contributed by atoms with Crippen molar-refractivity contribution in [3.8, 4) is 0 Å². The highest BCUT2D eigenvalue weighted by Gasteiger charge is 2.16. The maximum Gasteiger partial charge on any atom is 0.407 e. The molecule has 122 valence electrons. The molecule has 0 bridgehead atoms. The summed E-state index contributed by atoms with van der Waals surface area (Å²) < 4.78 is 5.16.